The summed E-state index contributed by atoms with van der Waals surface area (Å²) in [7, 11) is 0. The molecule has 1 aliphatic rings. The van der Waals surface area contributed by atoms with E-state index in [-0.39, 0.29) is 0 Å². The van der Waals surface area contributed by atoms with Crippen LogP contribution >= 0.6 is 12.2 Å². The van der Waals surface area contributed by atoms with Crippen LogP contribution in [0.4, 0.5) is 0 Å². The van der Waals surface area contributed by atoms with Crippen LogP contribution in [0.3, 0.4) is 0 Å². The molecular weight excluding hydrogens is 142 g/mol. The van der Waals surface area contributed by atoms with Gasteiger partial charge in [0, 0.05) is 11.3 Å². The van der Waals surface area contributed by atoms with Gasteiger partial charge in [-0.3, -0.25) is 0 Å². The molecule has 0 radical (unpaired) electrons. The van der Waals surface area contributed by atoms with Gasteiger partial charge in [-0.1, -0.05) is 29.9 Å². The predicted molar refractivity (Wildman–Crippen MR) is 48.1 cm³/mol. The minimum Gasteiger partial charge on any atom is -0.330 e. The second kappa shape index (κ2) is 3.64. The summed E-state index contributed by atoms with van der Waals surface area (Å²) in [4.78, 5) is 1.01. The van der Waals surface area contributed by atoms with Crippen molar-refractivity contribution in [2.24, 2.45) is 5.73 Å². The summed E-state index contributed by atoms with van der Waals surface area (Å²) in [6, 6.07) is 0. The Balaban J connectivity index is 2.50. The molecule has 1 rings (SSSR count). The Morgan fingerprint density at radius 2 is 2.30 bits per heavy atom. The first-order valence-corrected chi connectivity index (χ1v) is 3.84. The first-order chi connectivity index (χ1) is 4.83. The van der Waals surface area contributed by atoms with Gasteiger partial charge in [-0.25, -0.2) is 0 Å². The largest absolute Gasteiger partial charge is 0.330 e. The molecule has 0 aliphatic heterocycles. The fourth-order valence-electron chi connectivity index (χ4n) is 0.920. The Hall–Kier alpha value is -0.470. The molecule has 2 N–H and O–H groups in total. The zero-order valence-electron chi connectivity index (χ0n) is 5.84. The van der Waals surface area contributed by atoms with Gasteiger partial charge in [-0.05, 0) is 19.0 Å². The first-order valence-electron chi connectivity index (χ1n) is 3.43. The second-order valence-corrected chi connectivity index (χ2v) is 2.85. The zero-order chi connectivity index (χ0) is 7.40. The highest BCUT2D eigenvalue weighted by Crippen LogP contribution is 2.10. The molecule has 2 heteroatoms. The van der Waals surface area contributed by atoms with E-state index in [0.717, 1.165) is 24.3 Å². The molecule has 0 saturated carbocycles. The van der Waals surface area contributed by atoms with Crippen LogP contribution in [0.5, 0.6) is 0 Å². The van der Waals surface area contributed by atoms with Gasteiger partial charge in [0.2, 0.25) is 0 Å². The minimum absolute atomic E-state index is 0.725. The average molecular weight is 153 g/mol. The van der Waals surface area contributed by atoms with Crippen molar-refractivity contribution in [1.29, 1.82) is 0 Å². The maximum absolute atomic E-state index is 5.39. The molecule has 0 aromatic heterocycles. The minimum atomic E-state index is 0.725. The molecule has 0 heterocycles. The second-order valence-electron chi connectivity index (χ2n) is 2.32. The Bertz CT molecular complexity index is 191. The topological polar surface area (TPSA) is 26.0 Å². The molecule has 0 amide bonds. The lowest BCUT2D eigenvalue weighted by atomic mass is 10.0. The lowest BCUT2D eigenvalue weighted by Gasteiger charge is -2.04. The average Bonchev–Trinajstić information content (AvgIpc) is 1.95. The van der Waals surface area contributed by atoms with Gasteiger partial charge in [0.05, 0.1) is 0 Å². The Morgan fingerprint density at radius 1 is 1.50 bits per heavy atom. The monoisotopic (exact) mass is 153 g/mol. The number of hydrogen-bond acceptors (Lipinski definition) is 2. The summed E-state index contributed by atoms with van der Waals surface area (Å²) in [5, 5.41) is 0. The molecule has 0 unspecified atom stereocenters. The molecule has 0 fully saturated rings. The third-order valence-electron chi connectivity index (χ3n) is 1.48. The van der Waals surface area contributed by atoms with Gasteiger partial charge in [0.1, 0.15) is 0 Å². The number of allylic oxidation sites excluding steroid dienone is 3. The molecule has 54 valence electrons. The molecule has 0 spiro atoms. The van der Waals surface area contributed by atoms with E-state index >= 15 is 0 Å². The van der Waals surface area contributed by atoms with Crippen molar-refractivity contribution >= 4 is 17.1 Å². The van der Waals surface area contributed by atoms with E-state index < -0.39 is 0 Å². The van der Waals surface area contributed by atoms with Crippen molar-refractivity contribution in [3.8, 4) is 0 Å². The van der Waals surface area contributed by atoms with E-state index in [2.05, 4.69) is 12.2 Å². The van der Waals surface area contributed by atoms with Crippen LogP contribution in [0.2, 0.25) is 0 Å². The molecule has 1 nitrogen and oxygen atoms in total. The highest BCUT2D eigenvalue weighted by molar-refractivity contribution is 7.80. The van der Waals surface area contributed by atoms with Crippen molar-refractivity contribution in [3.63, 3.8) is 0 Å². The zero-order valence-corrected chi connectivity index (χ0v) is 6.66. The van der Waals surface area contributed by atoms with E-state index in [9.17, 15) is 0 Å². The van der Waals surface area contributed by atoms with Crippen molar-refractivity contribution in [1.82, 2.24) is 0 Å². The van der Waals surface area contributed by atoms with Gasteiger partial charge < -0.3 is 5.73 Å². The van der Waals surface area contributed by atoms with Crippen LogP contribution in [0.1, 0.15) is 12.8 Å². The highest BCUT2D eigenvalue weighted by Gasteiger charge is 1.98. The normalized spacial score (nSPS) is 17.3. The maximum Gasteiger partial charge on any atom is 0.0190 e. The number of rotatable bonds is 2. The van der Waals surface area contributed by atoms with Gasteiger partial charge in [-0.2, -0.15) is 0 Å². The molecule has 1 aliphatic carbocycles. The van der Waals surface area contributed by atoms with E-state index in [0.29, 0.717) is 0 Å². The van der Waals surface area contributed by atoms with Gasteiger partial charge >= 0.3 is 0 Å². The number of thiocarbonyl (C=S) groups is 1. The Kier molecular flexibility index (Phi) is 2.78. The summed E-state index contributed by atoms with van der Waals surface area (Å²) in [6.45, 7) is 0.725. The van der Waals surface area contributed by atoms with Crippen LogP contribution < -0.4 is 5.73 Å². The predicted octanol–water partition coefficient (Wildman–Crippen LogP) is 1.59. The third-order valence-corrected chi connectivity index (χ3v) is 1.78. The molecule has 10 heavy (non-hydrogen) atoms. The molecular formula is C8H11NS. The summed E-state index contributed by atoms with van der Waals surface area (Å²) in [6.07, 6.45) is 8.08. The quantitative estimate of drug-likeness (QED) is 0.610. The van der Waals surface area contributed by atoms with E-state index in [1.807, 2.05) is 6.08 Å². The van der Waals surface area contributed by atoms with Crippen LogP contribution in [0.25, 0.3) is 0 Å². The van der Waals surface area contributed by atoms with Crippen LogP contribution in [-0.4, -0.2) is 11.4 Å². The Morgan fingerprint density at radius 3 is 2.80 bits per heavy atom. The SMILES string of the molecule is NCCC1=CCC(=S)C=C1. The third kappa shape index (κ3) is 2.05. The van der Waals surface area contributed by atoms with Crippen molar-refractivity contribution in [2.45, 2.75) is 12.8 Å². The first kappa shape index (κ1) is 7.63. The lowest BCUT2D eigenvalue weighted by molar-refractivity contribution is 0.967. The fourth-order valence-corrected chi connectivity index (χ4v) is 1.07. The van der Waals surface area contributed by atoms with Gasteiger partial charge in [0.15, 0.2) is 0 Å². The van der Waals surface area contributed by atoms with E-state index in [1.54, 1.807) is 0 Å². The number of hydrogen-bond donors (Lipinski definition) is 1. The van der Waals surface area contributed by atoms with Crippen molar-refractivity contribution in [3.05, 3.63) is 23.8 Å². The smallest absolute Gasteiger partial charge is 0.0190 e. The number of nitrogens with two attached hydrogens (primary N) is 1. The van der Waals surface area contributed by atoms with Crippen LogP contribution in [-0.2, 0) is 0 Å². The maximum atomic E-state index is 5.39. The van der Waals surface area contributed by atoms with Gasteiger partial charge in [-0.15, -0.1) is 0 Å². The van der Waals surface area contributed by atoms with Crippen molar-refractivity contribution in [2.75, 3.05) is 6.54 Å². The molecule has 0 atom stereocenters. The summed E-state index contributed by atoms with van der Waals surface area (Å²) in [5.41, 5.74) is 6.70. The van der Waals surface area contributed by atoms with E-state index in [4.69, 9.17) is 18.0 Å². The summed E-state index contributed by atoms with van der Waals surface area (Å²) < 4.78 is 0. The van der Waals surface area contributed by atoms with Crippen molar-refractivity contribution < 1.29 is 0 Å². The molecule has 0 bridgehead atoms. The van der Waals surface area contributed by atoms with Gasteiger partial charge in [0.25, 0.3) is 0 Å². The lowest BCUT2D eigenvalue weighted by Crippen LogP contribution is -2.02. The standard InChI is InChI=1S/C8H11NS/c9-6-5-7-1-3-8(10)4-2-7/h1-3H,4-6,9H2. The molecule has 0 saturated heterocycles. The van der Waals surface area contributed by atoms with E-state index in [1.165, 1.54) is 5.57 Å². The molecule has 0 aromatic carbocycles. The fraction of sp³-hybridized carbons (Fsp3) is 0.375. The van der Waals surface area contributed by atoms with Crippen LogP contribution in [0.15, 0.2) is 23.8 Å². The molecule has 0 aromatic rings. The van der Waals surface area contributed by atoms with Crippen LogP contribution in [0, 0.1) is 0 Å². The summed E-state index contributed by atoms with van der Waals surface area (Å²) >= 11 is 4.98. The Labute approximate surface area is 66.6 Å². The summed E-state index contributed by atoms with van der Waals surface area (Å²) in [5.74, 6) is 0. The highest BCUT2D eigenvalue weighted by atomic mass is 32.1.